The van der Waals surface area contributed by atoms with Crippen LogP contribution < -0.4 is 0 Å². The van der Waals surface area contributed by atoms with Gasteiger partial charge in [-0.1, -0.05) is 20.8 Å². The van der Waals surface area contributed by atoms with Crippen LogP contribution in [0.4, 0.5) is 0 Å². The van der Waals surface area contributed by atoms with Crippen molar-refractivity contribution in [1.82, 2.24) is 4.90 Å². The zero-order valence-corrected chi connectivity index (χ0v) is 9.93. The average molecular weight is 183 g/mol. The van der Waals surface area contributed by atoms with Crippen LogP contribution in [-0.2, 0) is 0 Å². The van der Waals surface area contributed by atoms with Gasteiger partial charge < -0.3 is 4.90 Å². The molecule has 0 aromatic rings. The summed E-state index contributed by atoms with van der Waals surface area (Å²) < 4.78 is 0. The summed E-state index contributed by atoms with van der Waals surface area (Å²) in [5.74, 6) is 0.835. The van der Waals surface area contributed by atoms with Crippen LogP contribution in [0.15, 0.2) is 0 Å². The summed E-state index contributed by atoms with van der Waals surface area (Å²) in [7, 11) is 0. The Hall–Kier alpha value is -0.0400. The van der Waals surface area contributed by atoms with E-state index in [2.05, 4.69) is 39.5 Å². The van der Waals surface area contributed by atoms with Crippen LogP contribution in [0.5, 0.6) is 0 Å². The number of rotatable bonds is 2. The Morgan fingerprint density at radius 3 is 1.77 bits per heavy atom. The fourth-order valence-electron chi connectivity index (χ4n) is 2.13. The van der Waals surface area contributed by atoms with Gasteiger partial charge >= 0.3 is 0 Å². The molecule has 0 saturated carbocycles. The van der Waals surface area contributed by atoms with E-state index in [1.807, 2.05) is 0 Å². The van der Waals surface area contributed by atoms with Gasteiger partial charge in [0.2, 0.25) is 0 Å². The van der Waals surface area contributed by atoms with E-state index in [-0.39, 0.29) is 0 Å². The molecule has 1 nitrogen and oxygen atoms in total. The number of hydrogen-bond acceptors (Lipinski definition) is 1. The van der Waals surface area contributed by atoms with Gasteiger partial charge in [-0.2, -0.15) is 0 Å². The molecule has 1 fully saturated rings. The molecule has 0 bridgehead atoms. The number of piperidine rings is 1. The molecule has 78 valence electrons. The number of likely N-dealkylation sites (tertiary alicyclic amines) is 1. The average Bonchev–Trinajstić information content (AvgIpc) is 2.04. The van der Waals surface area contributed by atoms with E-state index in [1.165, 1.54) is 25.9 Å². The molecule has 1 heterocycles. The van der Waals surface area contributed by atoms with Crippen molar-refractivity contribution in [2.45, 2.75) is 53.5 Å². The molecular formula is C12H25N. The lowest BCUT2D eigenvalue weighted by molar-refractivity contribution is 0.0617. The molecule has 1 aliphatic heterocycles. The second-order valence-corrected chi connectivity index (χ2v) is 5.44. The highest BCUT2D eigenvalue weighted by Crippen LogP contribution is 2.38. The molecular weight excluding hydrogens is 158 g/mol. The predicted molar refractivity (Wildman–Crippen MR) is 58.9 cm³/mol. The Bertz CT molecular complexity index is 153. The third kappa shape index (κ3) is 2.46. The highest BCUT2D eigenvalue weighted by atomic mass is 15.2. The lowest BCUT2D eigenvalue weighted by Crippen LogP contribution is -2.43. The molecule has 0 aromatic heterocycles. The molecule has 0 aliphatic carbocycles. The van der Waals surface area contributed by atoms with Gasteiger partial charge in [0.05, 0.1) is 0 Å². The van der Waals surface area contributed by atoms with Gasteiger partial charge in [0.1, 0.15) is 0 Å². The molecule has 13 heavy (non-hydrogen) atoms. The summed E-state index contributed by atoms with van der Waals surface area (Å²) >= 11 is 0. The Balaban J connectivity index is 2.47. The molecule has 0 amide bonds. The van der Waals surface area contributed by atoms with E-state index in [0.29, 0.717) is 5.41 Å². The van der Waals surface area contributed by atoms with Gasteiger partial charge in [0.15, 0.2) is 0 Å². The minimum atomic E-state index is 0.603. The van der Waals surface area contributed by atoms with Crippen molar-refractivity contribution in [2.75, 3.05) is 13.1 Å². The van der Waals surface area contributed by atoms with Crippen LogP contribution in [0.1, 0.15) is 47.5 Å². The van der Waals surface area contributed by atoms with Crippen LogP contribution in [0.2, 0.25) is 0 Å². The van der Waals surface area contributed by atoms with Crippen molar-refractivity contribution in [3.63, 3.8) is 0 Å². The summed E-state index contributed by atoms with van der Waals surface area (Å²) in [5, 5.41) is 0. The normalized spacial score (nSPS) is 24.2. The third-order valence-electron chi connectivity index (χ3n) is 4.06. The topological polar surface area (TPSA) is 3.24 Å². The molecule has 1 saturated heterocycles. The molecule has 1 rings (SSSR count). The van der Waals surface area contributed by atoms with E-state index < -0.39 is 0 Å². The highest BCUT2D eigenvalue weighted by molar-refractivity contribution is 4.85. The van der Waals surface area contributed by atoms with Crippen LogP contribution in [0, 0.1) is 11.3 Å². The summed E-state index contributed by atoms with van der Waals surface area (Å²) in [6.07, 6.45) is 2.76. The smallest absolute Gasteiger partial charge is 0.00385 e. The summed E-state index contributed by atoms with van der Waals surface area (Å²) in [6, 6.07) is 0.733. The lowest BCUT2D eigenvalue weighted by Gasteiger charge is -2.43. The molecule has 1 heteroatoms. The standard InChI is InChI=1S/C12H25N/c1-10(2)12(5)6-8-13(9-7-12)11(3)4/h10-11H,6-9H2,1-5H3. The van der Waals surface area contributed by atoms with Crippen molar-refractivity contribution in [2.24, 2.45) is 11.3 Å². The zero-order chi connectivity index (χ0) is 10.1. The lowest BCUT2D eigenvalue weighted by atomic mass is 9.72. The van der Waals surface area contributed by atoms with E-state index in [1.54, 1.807) is 0 Å². The zero-order valence-electron chi connectivity index (χ0n) is 9.93. The van der Waals surface area contributed by atoms with E-state index in [9.17, 15) is 0 Å². The van der Waals surface area contributed by atoms with Crippen molar-refractivity contribution in [3.8, 4) is 0 Å². The molecule has 0 atom stereocenters. The fourth-order valence-corrected chi connectivity index (χ4v) is 2.13. The minimum absolute atomic E-state index is 0.603. The largest absolute Gasteiger partial charge is 0.301 e. The molecule has 0 unspecified atom stereocenters. The first kappa shape index (κ1) is 11.0. The fraction of sp³-hybridized carbons (Fsp3) is 1.00. The van der Waals surface area contributed by atoms with E-state index in [0.717, 1.165) is 12.0 Å². The second kappa shape index (κ2) is 4.00. The number of nitrogens with zero attached hydrogens (tertiary/aromatic N) is 1. The van der Waals surface area contributed by atoms with Gasteiger partial charge in [-0.15, -0.1) is 0 Å². The Morgan fingerprint density at radius 2 is 1.46 bits per heavy atom. The maximum absolute atomic E-state index is 2.60. The first-order valence-electron chi connectivity index (χ1n) is 5.70. The van der Waals surface area contributed by atoms with Crippen LogP contribution in [-0.4, -0.2) is 24.0 Å². The second-order valence-electron chi connectivity index (χ2n) is 5.44. The van der Waals surface area contributed by atoms with Gasteiger partial charge in [-0.3, -0.25) is 0 Å². The number of hydrogen-bond donors (Lipinski definition) is 0. The van der Waals surface area contributed by atoms with E-state index >= 15 is 0 Å². The molecule has 0 N–H and O–H groups in total. The van der Waals surface area contributed by atoms with Gasteiger partial charge in [0.25, 0.3) is 0 Å². The first-order valence-corrected chi connectivity index (χ1v) is 5.70. The van der Waals surface area contributed by atoms with Crippen molar-refractivity contribution in [3.05, 3.63) is 0 Å². The SMILES string of the molecule is CC(C)N1CCC(C)(C(C)C)CC1. The monoisotopic (exact) mass is 183 g/mol. The van der Waals surface area contributed by atoms with Crippen molar-refractivity contribution >= 4 is 0 Å². The quantitative estimate of drug-likeness (QED) is 0.635. The van der Waals surface area contributed by atoms with Crippen molar-refractivity contribution < 1.29 is 0 Å². The maximum Gasteiger partial charge on any atom is 0.00385 e. The van der Waals surface area contributed by atoms with E-state index in [4.69, 9.17) is 0 Å². The van der Waals surface area contributed by atoms with Gasteiger partial charge in [0, 0.05) is 6.04 Å². The highest BCUT2D eigenvalue weighted by Gasteiger charge is 2.33. The van der Waals surface area contributed by atoms with Gasteiger partial charge in [-0.05, 0) is 51.1 Å². The Kier molecular flexibility index (Phi) is 3.39. The Labute approximate surface area is 83.5 Å². The molecule has 1 aliphatic rings. The molecule has 0 spiro atoms. The van der Waals surface area contributed by atoms with Gasteiger partial charge in [-0.25, -0.2) is 0 Å². The Morgan fingerprint density at radius 1 is 1.00 bits per heavy atom. The predicted octanol–water partition coefficient (Wildman–Crippen LogP) is 3.15. The van der Waals surface area contributed by atoms with Crippen LogP contribution >= 0.6 is 0 Å². The van der Waals surface area contributed by atoms with Crippen molar-refractivity contribution in [1.29, 1.82) is 0 Å². The van der Waals surface area contributed by atoms with Crippen LogP contribution in [0.3, 0.4) is 0 Å². The summed E-state index contributed by atoms with van der Waals surface area (Å²) in [5.41, 5.74) is 0.603. The molecule has 0 aromatic carbocycles. The minimum Gasteiger partial charge on any atom is -0.301 e. The third-order valence-corrected chi connectivity index (χ3v) is 4.06. The molecule has 0 radical (unpaired) electrons. The first-order chi connectivity index (χ1) is 5.96. The van der Waals surface area contributed by atoms with Crippen LogP contribution in [0.25, 0.3) is 0 Å². The summed E-state index contributed by atoms with van der Waals surface area (Å²) in [4.78, 5) is 2.60. The summed E-state index contributed by atoms with van der Waals surface area (Å²) in [6.45, 7) is 14.4. The maximum atomic E-state index is 2.60.